The van der Waals surface area contributed by atoms with Gasteiger partial charge in [0.25, 0.3) is 0 Å². The monoisotopic (exact) mass is 214 g/mol. The number of likely N-dealkylation sites (N-methyl/N-ethyl adjacent to an activating group) is 1. The molecule has 0 amide bonds. The molecule has 0 radical (unpaired) electrons. The molecule has 0 aromatic heterocycles. The van der Waals surface area contributed by atoms with Crippen LogP contribution in [0.15, 0.2) is 0 Å². The van der Waals surface area contributed by atoms with E-state index in [4.69, 9.17) is 0 Å². The number of carboxylic acids is 1. The Labute approximate surface area is 91.9 Å². The second-order valence-electron chi connectivity index (χ2n) is 4.77. The zero-order valence-corrected chi connectivity index (χ0v) is 9.99. The summed E-state index contributed by atoms with van der Waals surface area (Å²) in [7, 11) is 4.08. The van der Waals surface area contributed by atoms with Crippen LogP contribution in [-0.4, -0.2) is 61.2 Å². The molecule has 0 aromatic carbocycles. The molecule has 0 spiro atoms. The first-order chi connectivity index (χ1) is 7.00. The number of likely N-dealkylation sites (tertiary alicyclic amines) is 1. The topological polar surface area (TPSA) is 43.8 Å². The summed E-state index contributed by atoms with van der Waals surface area (Å²) in [6.07, 6.45) is 1.53. The van der Waals surface area contributed by atoms with Gasteiger partial charge in [0.2, 0.25) is 0 Å². The minimum atomic E-state index is -0.627. The molecule has 1 unspecified atom stereocenters. The predicted molar refractivity (Wildman–Crippen MR) is 60.0 cm³/mol. The Hall–Kier alpha value is -0.610. The number of carboxylic acid groups (broad SMARTS) is 1. The van der Waals surface area contributed by atoms with Gasteiger partial charge in [-0.05, 0) is 33.5 Å². The van der Waals surface area contributed by atoms with E-state index in [1.54, 1.807) is 0 Å². The zero-order chi connectivity index (χ0) is 11.5. The van der Waals surface area contributed by atoms with Crippen molar-refractivity contribution >= 4 is 5.97 Å². The molecule has 1 saturated heterocycles. The first-order valence-corrected chi connectivity index (χ1v) is 5.60. The highest BCUT2D eigenvalue weighted by Crippen LogP contribution is 2.33. The lowest BCUT2D eigenvalue weighted by molar-refractivity contribution is -0.148. The van der Waals surface area contributed by atoms with E-state index in [1.807, 2.05) is 21.0 Å². The van der Waals surface area contributed by atoms with Crippen molar-refractivity contribution in [2.24, 2.45) is 5.41 Å². The summed E-state index contributed by atoms with van der Waals surface area (Å²) in [5.74, 6) is -0.627. The minimum absolute atomic E-state index is 0.480. The fourth-order valence-corrected chi connectivity index (χ4v) is 2.10. The highest BCUT2D eigenvalue weighted by molar-refractivity contribution is 5.75. The maximum atomic E-state index is 11.2. The molecule has 1 fully saturated rings. The van der Waals surface area contributed by atoms with Crippen molar-refractivity contribution in [2.45, 2.75) is 19.8 Å². The van der Waals surface area contributed by atoms with E-state index in [2.05, 4.69) is 9.80 Å². The smallest absolute Gasteiger partial charge is 0.310 e. The quantitative estimate of drug-likeness (QED) is 0.733. The van der Waals surface area contributed by atoms with E-state index in [0.29, 0.717) is 6.54 Å². The second kappa shape index (κ2) is 4.94. The lowest BCUT2D eigenvalue weighted by atomic mass is 9.84. The van der Waals surface area contributed by atoms with Gasteiger partial charge in [0.1, 0.15) is 0 Å². The van der Waals surface area contributed by atoms with Crippen LogP contribution in [-0.2, 0) is 4.79 Å². The molecule has 1 heterocycles. The summed E-state index contributed by atoms with van der Waals surface area (Å²) in [6.45, 7) is 5.59. The SMILES string of the molecule is CCC1(C(=O)O)CCN(CCN(C)C)C1. The number of hydrogen-bond donors (Lipinski definition) is 1. The van der Waals surface area contributed by atoms with Gasteiger partial charge in [-0.1, -0.05) is 6.92 Å². The average Bonchev–Trinajstić information content (AvgIpc) is 2.59. The Morgan fingerprint density at radius 3 is 2.60 bits per heavy atom. The second-order valence-corrected chi connectivity index (χ2v) is 4.77. The highest BCUT2D eigenvalue weighted by atomic mass is 16.4. The van der Waals surface area contributed by atoms with Crippen LogP contribution >= 0.6 is 0 Å². The number of hydrogen-bond acceptors (Lipinski definition) is 3. The Bertz CT molecular complexity index is 231. The van der Waals surface area contributed by atoms with Crippen molar-refractivity contribution in [3.05, 3.63) is 0 Å². The van der Waals surface area contributed by atoms with E-state index in [9.17, 15) is 9.90 Å². The average molecular weight is 214 g/mol. The molecule has 0 aromatic rings. The fraction of sp³-hybridized carbons (Fsp3) is 0.909. The van der Waals surface area contributed by atoms with Gasteiger partial charge >= 0.3 is 5.97 Å². The van der Waals surface area contributed by atoms with Crippen LogP contribution in [0.25, 0.3) is 0 Å². The lowest BCUT2D eigenvalue weighted by Crippen LogP contribution is -2.36. The predicted octanol–water partition coefficient (Wildman–Crippen LogP) is 0.735. The minimum Gasteiger partial charge on any atom is -0.481 e. The van der Waals surface area contributed by atoms with Crippen LogP contribution in [0, 0.1) is 5.41 Å². The molecule has 0 bridgehead atoms. The maximum Gasteiger partial charge on any atom is 0.310 e. The summed E-state index contributed by atoms with van der Waals surface area (Å²) in [5.41, 5.74) is -0.480. The van der Waals surface area contributed by atoms with E-state index in [1.165, 1.54) is 0 Å². The molecule has 15 heavy (non-hydrogen) atoms. The van der Waals surface area contributed by atoms with Crippen molar-refractivity contribution in [1.82, 2.24) is 9.80 Å². The molecule has 1 aliphatic rings. The van der Waals surface area contributed by atoms with Gasteiger partial charge < -0.3 is 14.9 Å². The molecule has 4 heteroatoms. The molecule has 0 aliphatic carbocycles. The number of nitrogens with zero attached hydrogens (tertiary/aromatic N) is 2. The van der Waals surface area contributed by atoms with E-state index in [-0.39, 0.29) is 0 Å². The van der Waals surface area contributed by atoms with Crippen molar-refractivity contribution in [1.29, 1.82) is 0 Å². The molecular formula is C11H22N2O2. The fourth-order valence-electron chi connectivity index (χ4n) is 2.10. The Balaban J connectivity index is 2.46. The van der Waals surface area contributed by atoms with Crippen molar-refractivity contribution in [2.75, 3.05) is 40.3 Å². The Morgan fingerprint density at radius 1 is 1.53 bits per heavy atom. The third-order valence-corrected chi connectivity index (χ3v) is 3.43. The molecule has 0 saturated carbocycles. The highest BCUT2D eigenvalue weighted by Gasteiger charge is 2.42. The number of rotatable bonds is 5. The Morgan fingerprint density at radius 2 is 2.20 bits per heavy atom. The zero-order valence-electron chi connectivity index (χ0n) is 9.99. The molecule has 4 nitrogen and oxygen atoms in total. The van der Waals surface area contributed by atoms with E-state index >= 15 is 0 Å². The molecular weight excluding hydrogens is 192 g/mol. The first kappa shape index (κ1) is 12.5. The van der Waals surface area contributed by atoms with Crippen LogP contribution in [0.2, 0.25) is 0 Å². The van der Waals surface area contributed by atoms with Crippen LogP contribution in [0.1, 0.15) is 19.8 Å². The van der Waals surface area contributed by atoms with Gasteiger partial charge in [-0.15, -0.1) is 0 Å². The molecule has 88 valence electrons. The maximum absolute atomic E-state index is 11.2. The van der Waals surface area contributed by atoms with E-state index < -0.39 is 11.4 Å². The van der Waals surface area contributed by atoms with Gasteiger partial charge in [0, 0.05) is 19.6 Å². The van der Waals surface area contributed by atoms with Gasteiger partial charge in [-0.3, -0.25) is 4.79 Å². The summed E-state index contributed by atoms with van der Waals surface area (Å²) >= 11 is 0. The lowest BCUT2D eigenvalue weighted by Gasteiger charge is -2.23. The summed E-state index contributed by atoms with van der Waals surface area (Å²) < 4.78 is 0. The van der Waals surface area contributed by atoms with Gasteiger partial charge in [0.15, 0.2) is 0 Å². The Kier molecular flexibility index (Phi) is 4.11. The first-order valence-electron chi connectivity index (χ1n) is 5.60. The normalized spacial score (nSPS) is 27.5. The number of aliphatic carboxylic acids is 1. The molecule has 1 N–H and O–H groups in total. The van der Waals surface area contributed by atoms with Crippen LogP contribution < -0.4 is 0 Å². The number of carbonyl (C=O) groups is 1. The van der Waals surface area contributed by atoms with Gasteiger partial charge in [-0.25, -0.2) is 0 Å². The summed E-state index contributed by atoms with van der Waals surface area (Å²) in [5, 5.41) is 9.22. The van der Waals surface area contributed by atoms with Crippen LogP contribution in [0.3, 0.4) is 0 Å². The largest absolute Gasteiger partial charge is 0.481 e. The van der Waals surface area contributed by atoms with Crippen molar-refractivity contribution < 1.29 is 9.90 Å². The van der Waals surface area contributed by atoms with Crippen LogP contribution in [0.4, 0.5) is 0 Å². The van der Waals surface area contributed by atoms with Gasteiger partial charge in [0.05, 0.1) is 5.41 Å². The molecule has 1 aliphatic heterocycles. The van der Waals surface area contributed by atoms with Crippen LogP contribution in [0.5, 0.6) is 0 Å². The van der Waals surface area contributed by atoms with E-state index in [0.717, 1.165) is 32.5 Å². The summed E-state index contributed by atoms with van der Waals surface area (Å²) in [6, 6.07) is 0. The van der Waals surface area contributed by atoms with Gasteiger partial charge in [-0.2, -0.15) is 0 Å². The van der Waals surface area contributed by atoms with Crippen molar-refractivity contribution in [3.8, 4) is 0 Å². The van der Waals surface area contributed by atoms with Crippen molar-refractivity contribution in [3.63, 3.8) is 0 Å². The third kappa shape index (κ3) is 2.92. The third-order valence-electron chi connectivity index (χ3n) is 3.43. The standard InChI is InChI=1S/C11H22N2O2/c1-4-11(10(14)15)5-6-13(9-11)8-7-12(2)3/h4-9H2,1-3H3,(H,14,15). The molecule has 1 rings (SSSR count). The summed E-state index contributed by atoms with van der Waals surface area (Å²) in [4.78, 5) is 15.6. The molecule has 1 atom stereocenters.